The van der Waals surface area contributed by atoms with E-state index < -0.39 is 0 Å². The normalized spacial score (nSPS) is 12.8. The second-order valence-corrected chi connectivity index (χ2v) is 3.43. The largest absolute Gasteiger partial charge is 0.466 e. The van der Waals surface area contributed by atoms with E-state index in [4.69, 9.17) is 9.47 Å². The van der Waals surface area contributed by atoms with E-state index in [-0.39, 0.29) is 12.8 Å². The molecule has 0 radical (unpaired) electrons. The lowest BCUT2D eigenvalue weighted by atomic mass is 10.2. The second-order valence-electron chi connectivity index (χ2n) is 3.43. The van der Waals surface area contributed by atoms with Gasteiger partial charge in [-0.25, -0.2) is 4.79 Å². The number of carbonyl (C=O) groups is 1. The van der Waals surface area contributed by atoms with Crippen LogP contribution in [0.1, 0.15) is 5.56 Å². The molecule has 0 unspecified atom stereocenters. The molecule has 1 aliphatic heterocycles. The van der Waals surface area contributed by atoms with E-state index in [0.29, 0.717) is 6.54 Å². The molecule has 0 fully saturated rings. The van der Waals surface area contributed by atoms with Gasteiger partial charge in [-0.1, -0.05) is 6.07 Å². The SMILES string of the molecule is COC(=O)/C=C/NCc1ccc2c(c1)OCO2. The fourth-order valence-electron chi connectivity index (χ4n) is 1.42. The molecule has 2 rings (SSSR count). The van der Waals surface area contributed by atoms with E-state index >= 15 is 0 Å². The first kappa shape index (κ1) is 11.3. The van der Waals surface area contributed by atoms with Crippen molar-refractivity contribution in [3.63, 3.8) is 0 Å². The molecule has 0 bridgehead atoms. The Kier molecular flexibility index (Phi) is 3.49. The van der Waals surface area contributed by atoms with Gasteiger partial charge in [0.1, 0.15) is 0 Å². The summed E-state index contributed by atoms with van der Waals surface area (Å²) in [4.78, 5) is 10.8. The minimum atomic E-state index is -0.386. The van der Waals surface area contributed by atoms with Crippen LogP contribution in [0.4, 0.5) is 0 Å². The Morgan fingerprint density at radius 1 is 1.47 bits per heavy atom. The molecule has 90 valence electrons. The topological polar surface area (TPSA) is 56.8 Å². The summed E-state index contributed by atoms with van der Waals surface area (Å²) in [6, 6.07) is 5.71. The zero-order valence-electron chi connectivity index (χ0n) is 9.43. The summed E-state index contributed by atoms with van der Waals surface area (Å²) in [6.07, 6.45) is 2.88. The van der Waals surface area contributed by atoms with E-state index in [2.05, 4.69) is 10.1 Å². The molecular formula is C12H13NO4. The minimum Gasteiger partial charge on any atom is -0.466 e. The van der Waals surface area contributed by atoms with Gasteiger partial charge in [-0.05, 0) is 17.7 Å². The van der Waals surface area contributed by atoms with Gasteiger partial charge in [-0.2, -0.15) is 0 Å². The van der Waals surface area contributed by atoms with Crippen LogP contribution in [0.25, 0.3) is 0 Å². The maximum Gasteiger partial charge on any atom is 0.331 e. The van der Waals surface area contributed by atoms with Crippen molar-refractivity contribution in [2.45, 2.75) is 6.54 Å². The van der Waals surface area contributed by atoms with Crippen LogP contribution in [0.5, 0.6) is 11.5 Å². The number of esters is 1. The summed E-state index contributed by atoms with van der Waals surface area (Å²) in [7, 11) is 1.34. The summed E-state index contributed by atoms with van der Waals surface area (Å²) < 4.78 is 14.9. The molecule has 17 heavy (non-hydrogen) atoms. The summed E-state index contributed by atoms with van der Waals surface area (Å²) in [5.41, 5.74) is 1.05. The lowest BCUT2D eigenvalue weighted by molar-refractivity contribution is -0.134. The standard InChI is InChI=1S/C12H13NO4/c1-15-12(14)4-5-13-7-9-2-3-10-11(6-9)17-8-16-10/h2-6,13H,7-8H2,1H3/b5-4+. The lowest BCUT2D eigenvalue weighted by Crippen LogP contribution is -2.06. The molecule has 5 heteroatoms. The Bertz CT molecular complexity index is 442. The first-order valence-electron chi connectivity index (χ1n) is 5.16. The number of methoxy groups -OCH3 is 1. The Hall–Kier alpha value is -2.17. The quantitative estimate of drug-likeness (QED) is 0.627. The fourth-order valence-corrected chi connectivity index (χ4v) is 1.42. The molecule has 0 saturated carbocycles. The molecule has 0 aromatic heterocycles. The zero-order chi connectivity index (χ0) is 12.1. The molecule has 1 heterocycles. The molecule has 0 atom stereocenters. The lowest BCUT2D eigenvalue weighted by Gasteiger charge is -2.02. The van der Waals surface area contributed by atoms with Gasteiger partial charge < -0.3 is 19.5 Å². The van der Waals surface area contributed by atoms with Crippen LogP contribution >= 0.6 is 0 Å². The molecule has 0 saturated heterocycles. The number of carbonyl (C=O) groups excluding carboxylic acids is 1. The number of nitrogens with one attached hydrogen (secondary N) is 1. The van der Waals surface area contributed by atoms with Crippen molar-refractivity contribution in [2.75, 3.05) is 13.9 Å². The van der Waals surface area contributed by atoms with Gasteiger partial charge in [-0.3, -0.25) is 0 Å². The van der Waals surface area contributed by atoms with Gasteiger partial charge in [0.05, 0.1) is 7.11 Å². The fraction of sp³-hybridized carbons (Fsp3) is 0.250. The van der Waals surface area contributed by atoms with Crippen LogP contribution in [0.3, 0.4) is 0 Å². The molecule has 5 nitrogen and oxygen atoms in total. The van der Waals surface area contributed by atoms with Crippen LogP contribution in [0.15, 0.2) is 30.5 Å². The number of hydrogen-bond donors (Lipinski definition) is 1. The first-order valence-corrected chi connectivity index (χ1v) is 5.16. The van der Waals surface area contributed by atoms with E-state index in [1.807, 2.05) is 18.2 Å². The Labute approximate surface area is 99.0 Å². The third kappa shape index (κ3) is 2.90. The van der Waals surface area contributed by atoms with Crippen LogP contribution in [-0.2, 0) is 16.1 Å². The van der Waals surface area contributed by atoms with Gasteiger partial charge in [0, 0.05) is 18.8 Å². The molecule has 1 aromatic carbocycles. The van der Waals surface area contributed by atoms with Gasteiger partial charge in [0.25, 0.3) is 0 Å². The second kappa shape index (κ2) is 5.25. The highest BCUT2D eigenvalue weighted by molar-refractivity contribution is 5.81. The summed E-state index contributed by atoms with van der Waals surface area (Å²) in [5, 5.41) is 2.98. The van der Waals surface area contributed by atoms with E-state index in [1.165, 1.54) is 13.2 Å². The van der Waals surface area contributed by atoms with Crippen molar-refractivity contribution < 1.29 is 19.0 Å². The van der Waals surface area contributed by atoms with Gasteiger partial charge in [0.15, 0.2) is 11.5 Å². The summed E-state index contributed by atoms with van der Waals surface area (Å²) >= 11 is 0. The number of hydrogen-bond acceptors (Lipinski definition) is 5. The van der Waals surface area contributed by atoms with E-state index in [0.717, 1.165) is 17.1 Å². The number of benzene rings is 1. The van der Waals surface area contributed by atoms with E-state index in [1.54, 1.807) is 6.20 Å². The molecule has 1 N–H and O–H groups in total. The Morgan fingerprint density at radius 2 is 2.29 bits per heavy atom. The predicted molar refractivity (Wildman–Crippen MR) is 60.6 cm³/mol. The maximum absolute atomic E-state index is 10.8. The summed E-state index contributed by atoms with van der Waals surface area (Å²) in [5.74, 6) is 1.13. The third-order valence-corrected chi connectivity index (χ3v) is 2.28. The predicted octanol–water partition coefficient (Wildman–Crippen LogP) is 1.19. The number of fused-ring (bicyclic) bond motifs is 1. The molecule has 0 aliphatic carbocycles. The summed E-state index contributed by atoms with van der Waals surface area (Å²) in [6.45, 7) is 0.874. The van der Waals surface area contributed by atoms with Crippen molar-refractivity contribution >= 4 is 5.97 Å². The minimum absolute atomic E-state index is 0.272. The molecule has 1 aromatic rings. The van der Waals surface area contributed by atoms with Crippen LogP contribution in [0.2, 0.25) is 0 Å². The highest BCUT2D eigenvalue weighted by Crippen LogP contribution is 2.32. The number of rotatable bonds is 4. The smallest absolute Gasteiger partial charge is 0.331 e. The average molecular weight is 235 g/mol. The van der Waals surface area contributed by atoms with Crippen molar-refractivity contribution in [3.05, 3.63) is 36.0 Å². The average Bonchev–Trinajstić information content (AvgIpc) is 2.81. The van der Waals surface area contributed by atoms with Crippen LogP contribution in [0, 0.1) is 0 Å². The number of ether oxygens (including phenoxy) is 3. The van der Waals surface area contributed by atoms with Crippen LogP contribution in [-0.4, -0.2) is 19.9 Å². The highest BCUT2D eigenvalue weighted by Gasteiger charge is 2.12. The van der Waals surface area contributed by atoms with Crippen molar-refractivity contribution in [2.24, 2.45) is 0 Å². The molecule has 1 aliphatic rings. The first-order chi connectivity index (χ1) is 8.29. The Balaban J connectivity index is 1.87. The Morgan fingerprint density at radius 3 is 3.12 bits per heavy atom. The highest BCUT2D eigenvalue weighted by atomic mass is 16.7. The van der Waals surface area contributed by atoms with Crippen LogP contribution < -0.4 is 14.8 Å². The molecular weight excluding hydrogens is 222 g/mol. The van der Waals surface area contributed by atoms with Gasteiger partial charge >= 0.3 is 5.97 Å². The van der Waals surface area contributed by atoms with E-state index in [9.17, 15) is 4.79 Å². The van der Waals surface area contributed by atoms with Crippen molar-refractivity contribution in [1.82, 2.24) is 5.32 Å². The third-order valence-electron chi connectivity index (χ3n) is 2.28. The van der Waals surface area contributed by atoms with Crippen molar-refractivity contribution in [1.29, 1.82) is 0 Å². The molecule has 0 amide bonds. The van der Waals surface area contributed by atoms with Gasteiger partial charge in [-0.15, -0.1) is 0 Å². The van der Waals surface area contributed by atoms with Crippen molar-refractivity contribution in [3.8, 4) is 11.5 Å². The van der Waals surface area contributed by atoms with Gasteiger partial charge in [0.2, 0.25) is 6.79 Å². The maximum atomic E-state index is 10.8. The molecule has 0 spiro atoms. The monoisotopic (exact) mass is 235 g/mol. The zero-order valence-corrected chi connectivity index (χ0v) is 9.43.